The Morgan fingerprint density at radius 3 is 1.27 bits per heavy atom. The molecule has 0 bridgehead atoms. The molecule has 0 aliphatic heterocycles. The molecule has 0 saturated heterocycles. The molecule has 0 atom stereocenters. The van der Waals surface area contributed by atoms with Crippen LogP contribution < -0.4 is 0 Å². The van der Waals surface area contributed by atoms with Crippen molar-refractivity contribution >= 4 is 11.6 Å². The van der Waals surface area contributed by atoms with Gasteiger partial charge in [0.15, 0.2) is 58.0 Å². The molecule has 0 fully saturated rings. The highest BCUT2D eigenvalue weighted by molar-refractivity contribution is 5.95. The lowest BCUT2D eigenvalue weighted by atomic mass is 10.1. The maximum Gasteiger partial charge on any atom is 0.199 e. The van der Waals surface area contributed by atoms with Crippen molar-refractivity contribution in [1.29, 1.82) is 0 Å². The van der Waals surface area contributed by atoms with E-state index in [0.29, 0.717) is 33.4 Å². The SMILES string of the molecule is CC(=O)c1cccc(-c2nc(-c3ccc(-c4nc(-c5cccc(C(C)=O)c5)nc(-c5ccccc5O)n4)o3)nc(-c3ccccc3O)n2)c1. The van der Waals surface area contributed by atoms with Gasteiger partial charge in [0.1, 0.15) is 11.5 Å². The molecule has 3 aromatic heterocycles. The van der Waals surface area contributed by atoms with Crippen molar-refractivity contribution in [2.45, 2.75) is 13.8 Å². The molecular weight excluding hydrogens is 620 g/mol. The number of aromatic nitrogens is 6. The lowest BCUT2D eigenvalue weighted by Gasteiger charge is -2.09. The fraction of sp³-hybridized carbons (Fsp3) is 0.0526. The predicted octanol–water partition coefficient (Wildman–Crippen LogP) is 7.47. The van der Waals surface area contributed by atoms with Gasteiger partial charge in [-0.3, -0.25) is 9.59 Å². The quantitative estimate of drug-likeness (QED) is 0.157. The lowest BCUT2D eigenvalue weighted by Crippen LogP contribution is -2.01. The highest BCUT2D eigenvalue weighted by atomic mass is 16.3. The standard InChI is InChI=1S/C38H26N6O5/c1-21(45)23-9-7-11-25(19-23)33-39-35(27-13-3-5-15-29(27)47)43-37(41-33)31-17-18-32(49-31)38-42-34(26-12-8-10-24(20-26)22(2)46)40-36(44-38)28-14-4-6-16-30(28)48/h3-20,47-48H,1-2H3. The number of carbonyl (C=O) groups excluding carboxylic acids is 2. The first-order chi connectivity index (χ1) is 23.7. The fourth-order valence-electron chi connectivity index (χ4n) is 5.13. The molecule has 7 rings (SSSR count). The van der Waals surface area contributed by atoms with Gasteiger partial charge in [0.2, 0.25) is 0 Å². The number of ketones is 2. The Bertz CT molecular complexity index is 2240. The average Bonchev–Trinajstić information content (AvgIpc) is 3.63. The van der Waals surface area contributed by atoms with Crippen LogP contribution in [0.4, 0.5) is 0 Å². The van der Waals surface area contributed by atoms with Gasteiger partial charge in [-0.25, -0.2) is 29.9 Å². The van der Waals surface area contributed by atoms with Gasteiger partial charge in [0.25, 0.3) is 0 Å². The first-order valence-electron chi connectivity index (χ1n) is 15.2. The number of nitrogens with zero attached hydrogens (tertiary/aromatic N) is 6. The summed E-state index contributed by atoms with van der Waals surface area (Å²) in [6.07, 6.45) is 0. The smallest absolute Gasteiger partial charge is 0.199 e. The molecule has 0 saturated carbocycles. The van der Waals surface area contributed by atoms with Crippen LogP contribution in [0.5, 0.6) is 11.5 Å². The third-order valence-corrected chi connectivity index (χ3v) is 7.66. The number of para-hydroxylation sites is 2. The van der Waals surface area contributed by atoms with Crippen LogP contribution in [0.25, 0.3) is 68.7 Å². The minimum absolute atomic E-state index is 0.0218. The van der Waals surface area contributed by atoms with Gasteiger partial charge < -0.3 is 14.6 Å². The number of hydrogen-bond acceptors (Lipinski definition) is 11. The van der Waals surface area contributed by atoms with Gasteiger partial charge in [-0.05, 0) is 62.4 Å². The molecular formula is C38H26N6O5. The predicted molar refractivity (Wildman–Crippen MR) is 181 cm³/mol. The number of aromatic hydroxyl groups is 2. The number of rotatable bonds is 8. The summed E-state index contributed by atoms with van der Waals surface area (Å²) in [4.78, 5) is 52.1. The van der Waals surface area contributed by atoms with Crippen molar-refractivity contribution < 1.29 is 24.2 Å². The van der Waals surface area contributed by atoms with E-state index in [4.69, 9.17) is 4.42 Å². The van der Waals surface area contributed by atoms with Crippen LogP contribution in [-0.2, 0) is 0 Å². The van der Waals surface area contributed by atoms with Gasteiger partial charge in [-0.2, -0.15) is 0 Å². The van der Waals surface area contributed by atoms with Crippen molar-refractivity contribution in [1.82, 2.24) is 29.9 Å². The lowest BCUT2D eigenvalue weighted by molar-refractivity contribution is 0.100. The molecule has 0 amide bonds. The van der Waals surface area contributed by atoms with E-state index < -0.39 is 0 Å². The molecule has 7 aromatic rings. The molecule has 0 aliphatic rings. The summed E-state index contributed by atoms with van der Waals surface area (Å²) in [5, 5.41) is 21.3. The van der Waals surface area contributed by atoms with Crippen molar-refractivity contribution in [3.63, 3.8) is 0 Å². The summed E-state index contributed by atoms with van der Waals surface area (Å²) >= 11 is 0. The molecule has 238 valence electrons. The van der Waals surface area contributed by atoms with E-state index in [1.165, 1.54) is 26.0 Å². The van der Waals surface area contributed by atoms with Gasteiger partial charge in [0, 0.05) is 22.3 Å². The molecule has 0 aliphatic carbocycles. The number of benzene rings is 4. The molecule has 4 aromatic carbocycles. The minimum Gasteiger partial charge on any atom is -0.507 e. The number of phenolic OH excluding ortho intramolecular Hbond substituents is 2. The van der Waals surface area contributed by atoms with E-state index in [1.54, 1.807) is 97.1 Å². The number of Topliss-reactive ketones (excluding diaryl/α,β-unsaturated/α-hetero) is 2. The van der Waals surface area contributed by atoms with Crippen molar-refractivity contribution in [2.24, 2.45) is 0 Å². The summed E-state index contributed by atoms with van der Waals surface area (Å²) in [5.74, 6) is 1.47. The fourth-order valence-corrected chi connectivity index (χ4v) is 5.13. The van der Waals surface area contributed by atoms with Gasteiger partial charge in [-0.15, -0.1) is 0 Å². The second-order valence-corrected chi connectivity index (χ2v) is 11.1. The minimum atomic E-state index is -0.110. The molecule has 0 unspecified atom stereocenters. The summed E-state index contributed by atoms with van der Waals surface area (Å²) in [6.45, 7) is 2.96. The van der Waals surface area contributed by atoms with Crippen LogP contribution in [0.3, 0.4) is 0 Å². The van der Waals surface area contributed by atoms with Crippen LogP contribution in [0.15, 0.2) is 114 Å². The highest BCUT2D eigenvalue weighted by Gasteiger charge is 2.20. The van der Waals surface area contributed by atoms with Crippen molar-refractivity contribution in [3.05, 3.63) is 120 Å². The molecule has 0 radical (unpaired) electrons. The van der Waals surface area contributed by atoms with Crippen LogP contribution in [0.1, 0.15) is 34.6 Å². The Hall–Kier alpha value is -6.88. The zero-order valence-electron chi connectivity index (χ0n) is 26.2. The first-order valence-corrected chi connectivity index (χ1v) is 15.2. The number of carbonyl (C=O) groups is 2. The second-order valence-electron chi connectivity index (χ2n) is 11.1. The Balaban J connectivity index is 1.37. The van der Waals surface area contributed by atoms with Crippen molar-refractivity contribution in [2.75, 3.05) is 0 Å². The van der Waals surface area contributed by atoms with E-state index in [2.05, 4.69) is 29.9 Å². The topological polar surface area (TPSA) is 165 Å². The third kappa shape index (κ3) is 6.28. The Morgan fingerprint density at radius 2 is 0.857 bits per heavy atom. The summed E-state index contributed by atoms with van der Waals surface area (Å²) in [6, 6.07) is 30.5. The van der Waals surface area contributed by atoms with E-state index >= 15 is 0 Å². The summed E-state index contributed by atoms with van der Waals surface area (Å²) < 4.78 is 6.26. The van der Waals surface area contributed by atoms with E-state index in [-0.39, 0.29) is 69.5 Å². The Morgan fingerprint density at radius 1 is 0.469 bits per heavy atom. The first kappa shape index (κ1) is 30.8. The zero-order valence-corrected chi connectivity index (χ0v) is 26.2. The van der Waals surface area contributed by atoms with E-state index in [0.717, 1.165) is 0 Å². The molecule has 11 heteroatoms. The second kappa shape index (κ2) is 12.7. The molecule has 2 N–H and O–H groups in total. The number of furan rings is 1. The third-order valence-electron chi connectivity index (χ3n) is 7.66. The van der Waals surface area contributed by atoms with Crippen molar-refractivity contribution in [3.8, 4) is 80.2 Å². The molecule has 3 heterocycles. The van der Waals surface area contributed by atoms with Crippen LogP contribution in [0.2, 0.25) is 0 Å². The normalized spacial score (nSPS) is 11.0. The van der Waals surface area contributed by atoms with Crippen LogP contribution >= 0.6 is 0 Å². The number of hydrogen-bond donors (Lipinski definition) is 2. The highest BCUT2D eigenvalue weighted by Crippen LogP contribution is 2.34. The van der Waals surface area contributed by atoms with Gasteiger partial charge >= 0.3 is 0 Å². The summed E-state index contributed by atoms with van der Waals surface area (Å²) in [5.41, 5.74) is 2.88. The number of phenols is 2. The molecule has 49 heavy (non-hydrogen) atoms. The largest absolute Gasteiger partial charge is 0.507 e. The monoisotopic (exact) mass is 646 g/mol. The van der Waals surface area contributed by atoms with E-state index in [1.807, 2.05) is 0 Å². The maximum atomic E-state index is 12.1. The van der Waals surface area contributed by atoms with E-state index in [9.17, 15) is 19.8 Å². The van der Waals surface area contributed by atoms with Gasteiger partial charge in [0.05, 0.1) is 11.1 Å². The maximum absolute atomic E-state index is 12.1. The van der Waals surface area contributed by atoms with Gasteiger partial charge in [-0.1, -0.05) is 60.7 Å². The zero-order chi connectivity index (χ0) is 34.1. The van der Waals surface area contributed by atoms with Crippen LogP contribution in [-0.4, -0.2) is 51.7 Å². The Labute approximate surface area is 279 Å². The molecule has 11 nitrogen and oxygen atoms in total. The average molecular weight is 647 g/mol. The van der Waals surface area contributed by atoms with Crippen LogP contribution in [0, 0.1) is 0 Å². The summed E-state index contributed by atoms with van der Waals surface area (Å²) in [7, 11) is 0. The molecule has 0 spiro atoms. The Kier molecular flexibility index (Phi) is 7.99.